The summed E-state index contributed by atoms with van der Waals surface area (Å²) >= 11 is 0. The lowest BCUT2D eigenvalue weighted by molar-refractivity contribution is 0.0696. The van der Waals surface area contributed by atoms with Gasteiger partial charge in [0.2, 0.25) is 0 Å². The van der Waals surface area contributed by atoms with Gasteiger partial charge in [-0.05, 0) is 36.4 Å². The maximum Gasteiger partial charge on any atom is 0.335 e. The molecule has 0 aliphatic heterocycles. The van der Waals surface area contributed by atoms with Crippen LogP contribution in [0.4, 0.5) is 0 Å². The lowest BCUT2D eigenvalue weighted by atomic mass is 10.2. The van der Waals surface area contributed by atoms with Gasteiger partial charge >= 0.3 is 5.97 Å². The molecule has 1 amide bonds. The van der Waals surface area contributed by atoms with Gasteiger partial charge in [0.25, 0.3) is 5.91 Å². The predicted octanol–water partition coefficient (Wildman–Crippen LogP) is 1.55. The summed E-state index contributed by atoms with van der Waals surface area (Å²) in [6.07, 6.45) is 3.12. The Morgan fingerprint density at radius 1 is 0.926 bits per heavy atom. The van der Waals surface area contributed by atoms with Crippen LogP contribution in [0.3, 0.4) is 0 Å². The third-order valence-electron chi connectivity index (χ3n) is 3.75. The maximum absolute atomic E-state index is 11.5. The number of nitrogens with zero attached hydrogens (tertiary/aromatic N) is 2. The van der Waals surface area contributed by atoms with Gasteiger partial charge in [-0.3, -0.25) is 4.79 Å². The zero-order valence-electron chi connectivity index (χ0n) is 14.1. The SMILES string of the molecule is O=C(NCCO)c1ccc2nc[nH]c2c1.O=C(O)c1ccc2nc[nH]c2c1. The van der Waals surface area contributed by atoms with Gasteiger partial charge in [-0.15, -0.1) is 0 Å². The summed E-state index contributed by atoms with van der Waals surface area (Å²) < 4.78 is 0. The van der Waals surface area contributed by atoms with Gasteiger partial charge < -0.3 is 25.5 Å². The molecule has 138 valence electrons. The number of aromatic amines is 2. The third kappa shape index (κ3) is 4.28. The van der Waals surface area contributed by atoms with Gasteiger partial charge in [0.1, 0.15) is 0 Å². The highest BCUT2D eigenvalue weighted by Crippen LogP contribution is 2.12. The summed E-state index contributed by atoms with van der Waals surface area (Å²) in [4.78, 5) is 35.8. The van der Waals surface area contributed by atoms with Gasteiger partial charge in [0.15, 0.2) is 0 Å². The standard InChI is InChI=1S/C10H11N3O2.C8H6N2O2/c14-4-3-11-10(15)7-1-2-8-9(5-7)13-6-12-8;11-8(12)5-1-2-6-7(3-5)10-4-9-6/h1-2,5-6,14H,3-4H2,(H,11,15)(H,12,13);1-4H,(H,9,10)(H,11,12). The molecule has 9 nitrogen and oxygen atoms in total. The Kier molecular flexibility index (Phi) is 5.43. The van der Waals surface area contributed by atoms with E-state index < -0.39 is 5.97 Å². The van der Waals surface area contributed by atoms with Crippen LogP contribution in [0.15, 0.2) is 49.1 Å². The number of rotatable bonds is 4. The average molecular weight is 367 g/mol. The van der Waals surface area contributed by atoms with E-state index in [4.69, 9.17) is 10.2 Å². The number of fused-ring (bicyclic) bond motifs is 2. The van der Waals surface area contributed by atoms with Crippen molar-refractivity contribution in [2.45, 2.75) is 0 Å². The maximum atomic E-state index is 11.5. The minimum Gasteiger partial charge on any atom is -0.478 e. The molecule has 9 heteroatoms. The van der Waals surface area contributed by atoms with Gasteiger partial charge in [-0.25, -0.2) is 14.8 Å². The predicted molar refractivity (Wildman–Crippen MR) is 98.6 cm³/mol. The Hall–Kier alpha value is -3.72. The second-order valence-electron chi connectivity index (χ2n) is 5.55. The van der Waals surface area contributed by atoms with E-state index >= 15 is 0 Å². The first kappa shape index (κ1) is 18.1. The molecule has 0 fully saturated rings. The molecule has 2 aromatic carbocycles. The highest BCUT2D eigenvalue weighted by molar-refractivity contribution is 5.97. The van der Waals surface area contributed by atoms with Gasteiger partial charge in [-0.1, -0.05) is 0 Å². The number of hydrogen-bond donors (Lipinski definition) is 5. The number of aromatic carboxylic acids is 1. The van der Waals surface area contributed by atoms with Crippen LogP contribution in [-0.4, -0.2) is 55.2 Å². The Bertz CT molecular complexity index is 1090. The molecule has 0 atom stereocenters. The number of imidazole rings is 2. The van der Waals surface area contributed by atoms with Crippen molar-refractivity contribution in [1.29, 1.82) is 0 Å². The van der Waals surface area contributed by atoms with Crippen LogP contribution in [0.5, 0.6) is 0 Å². The van der Waals surface area contributed by atoms with Crippen LogP contribution in [0.2, 0.25) is 0 Å². The van der Waals surface area contributed by atoms with E-state index in [2.05, 4.69) is 25.3 Å². The summed E-state index contributed by atoms with van der Waals surface area (Å²) in [6, 6.07) is 9.98. The van der Waals surface area contributed by atoms with Crippen LogP contribution < -0.4 is 5.32 Å². The molecule has 4 rings (SSSR count). The summed E-state index contributed by atoms with van der Waals surface area (Å²) in [6.45, 7) is 0.206. The fourth-order valence-corrected chi connectivity index (χ4v) is 2.42. The molecule has 0 aliphatic rings. The molecule has 0 saturated heterocycles. The monoisotopic (exact) mass is 367 g/mol. The number of aromatic nitrogens is 4. The Morgan fingerprint density at radius 3 is 2.04 bits per heavy atom. The lowest BCUT2D eigenvalue weighted by Crippen LogP contribution is -2.26. The quantitative estimate of drug-likeness (QED) is 0.370. The van der Waals surface area contributed by atoms with E-state index in [1.165, 1.54) is 12.4 Å². The first-order valence-electron chi connectivity index (χ1n) is 8.07. The second kappa shape index (κ2) is 8.11. The topological polar surface area (TPSA) is 144 Å². The molecule has 2 heterocycles. The molecule has 0 bridgehead atoms. The smallest absolute Gasteiger partial charge is 0.335 e. The molecule has 0 unspecified atom stereocenters. The van der Waals surface area contributed by atoms with E-state index in [0.717, 1.165) is 22.1 Å². The average Bonchev–Trinajstić information content (AvgIpc) is 3.34. The number of aliphatic hydroxyl groups is 1. The van der Waals surface area contributed by atoms with E-state index in [-0.39, 0.29) is 24.6 Å². The van der Waals surface area contributed by atoms with E-state index in [1.54, 1.807) is 36.7 Å². The Balaban J connectivity index is 0.000000159. The number of hydrogen-bond acceptors (Lipinski definition) is 5. The van der Waals surface area contributed by atoms with Crippen molar-refractivity contribution in [2.75, 3.05) is 13.2 Å². The molecule has 5 N–H and O–H groups in total. The lowest BCUT2D eigenvalue weighted by Gasteiger charge is -2.02. The van der Waals surface area contributed by atoms with Crippen molar-refractivity contribution >= 4 is 33.9 Å². The Labute approximate surface area is 153 Å². The van der Waals surface area contributed by atoms with Crippen molar-refractivity contribution in [2.24, 2.45) is 0 Å². The zero-order valence-corrected chi connectivity index (χ0v) is 14.1. The van der Waals surface area contributed by atoms with Crippen LogP contribution in [0.25, 0.3) is 22.1 Å². The fourth-order valence-electron chi connectivity index (χ4n) is 2.42. The van der Waals surface area contributed by atoms with Crippen molar-refractivity contribution < 1.29 is 19.8 Å². The van der Waals surface area contributed by atoms with E-state index in [0.29, 0.717) is 5.56 Å². The second-order valence-corrected chi connectivity index (χ2v) is 5.55. The first-order chi connectivity index (χ1) is 13.1. The molecule has 27 heavy (non-hydrogen) atoms. The highest BCUT2D eigenvalue weighted by Gasteiger charge is 2.06. The van der Waals surface area contributed by atoms with Crippen LogP contribution in [0.1, 0.15) is 20.7 Å². The number of aliphatic hydroxyl groups excluding tert-OH is 1. The summed E-state index contributed by atoms with van der Waals surface area (Å²) in [5, 5.41) is 19.8. The van der Waals surface area contributed by atoms with Crippen molar-refractivity contribution in [1.82, 2.24) is 25.3 Å². The van der Waals surface area contributed by atoms with Gasteiger partial charge in [-0.2, -0.15) is 0 Å². The van der Waals surface area contributed by atoms with Gasteiger partial charge in [0.05, 0.1) is 46.9 Å². The van der Waals surface area contributed by atoms with Crippen molar-refractivity contribution in [3.05, 3.63) is 60.2 Å². The molecule has 2 aromatic heterocycles. The Morgan fingerprint density at radius 2 is 1.48 bits per heavy atom. The number of carbonyl (C=O) groups is 2. The number of carbonyl (C=O) groups excluding carboxylic acids is 1. The fraction of sp³-hybridized carbons (Fsp3) is 0.111. The van der Waals surface area contributed by atoms with Crippen LogP contribution in [-0.2, 0) is 0 Å². The van der Waals surface area contributed by atoms with Gasteiger partial charge in [0, 0.05) is 12.1 Å². The third-order valence-corrected chi connectivity index (χ3v) is 3.75. The molecule has 0 spiro atoms. The zero-order chi connectivity index (χ0) is 19.2. The minimum atomic E-state index is -0.925. The minimum absolute atomic E-state index is 0.0575. The molecular formula is C18H17N5O4. The molecular weight excluding hydrogens is 350 g/mol. The molecule has 4 aromatic rings. The van der Waals surface area contributed by atoms with E-state index in [1.807, 2.05) is 0 Å². The van der Waals surface area contributed by atoms with E-state index in [9.17, 15) is 9.59 Å². The number of nitrogens with one attached hydrogen (secondary N) is 3. The molecule has 0 aliphatic carbocycles. The van der Waals surface area contributed by atoms with Crippen LogP contribution >= 0.6 is 0 Å². The highest BCUT2D eigenvalue weighted by atomic mass is 16.4. The number of carboxylic acid groups (broad SMARTS) is 1. The van der Waals surface area contributed by atoms with Crippen molar-refractivity contribution in [3.8, 4) is 0 Å². The summed E-state index contributed by atoms with van der Waals surface area (Å²) in [5.74, 6) is -1.12. The summed E-state index contributed by atoms with van der Waals surface area (Å²) in [7, 11) is 0. The largest absolute Gasteiger partial charge is 0.478 e. The first-order valence-corrected chi connectivity index (χ1v) is 8.07. The summed E-state index contributed by atoms with van der Waals surface area (Å²) in [5.41, 5.74) is 4.00. The van der Waals surface area contributed by atoms with Crippen molar-refractivity contribution in [3.63, 3.8) is 0 Å². The van der Waals surface area contributed by atoms with Crippen LogP contribution in [0, 0.1) is 0 Å². The number of carboxylic acids is 1. The number of benzene rings is 2. The molecule has 0 saturated carbocycles. The number of amides is 1. The number of H-pyrrole nitrogens is 2. The normalized spacial score (nSPS) is 10.4. The molecule has 0 radical (unpaired) electrons.